The minimum absolute atomic E-state index is 0.0167. The van der Waals surface area contributed by atoms with Crippen molar-refractivity contribution in [2.75, 3.05) is 6.61 Å². The van der Waals surface area contributed by atoms with Gasteiger partial charge in [0.2, 0.25) is 0 Å². The zero-order valence-electron chi connectivity index (χ0n) is 16.1. The number of rotatable bonds is 4. The van der Waals surface area contributed by atoms with Crippen molar-refractivity contribution in [1.82, 2.24) is 0 Å². The molecule has 26 heavy (non-hydrogen) atoms. The molecule has 2 aliphatic carbocycles. The Kier molecular flexibility index (Phi) is 3.91. The molecule has 2 bridgehead atoms. The maximum Gasteiger partial charge on any atom is 0.501 e. The molecule has 0 radical (unpaired) electrons. The molecule has 1 aliphatic heterocycles. The van der Waals surface area contributed by atoms with Crippen LogP contribution in [0.5, 0.6) is 0 Å². The van der Waals surface area contributed by atoms with Gasteiger partial charge in [-0.05, 0) is 36.7 Å². The highest BCUT2D eigenvalue weighted by molar-refractivity contribution is 6.61. The van der Waals surface area contributed by atoms with E-state index < -0.39 is 18.7 Å². The van der Waals surface area contributed by atoms with Gasteiger partial charge in [-0.2, -0.15) is 0 Å². The van der Waals surface area contributed by atoms with E-state index in [-0.39, 0.29) is 22.4 Å². The van der Waals surface area contributed by atoms with Crippen molar-refractivity contribution in [3.63, 3.8) is 0 Å². The van der Waals surface area contributed by atoms with Gasteiger partial charge < -0.3 is 14.0 Å². The van der Waals surface area contributed by atoms with Crippen LogP contribution in [0.15, 0.2) is 42.4 Å². The zero-order valence-corrected chi connectivity index (χ0v) is 16.1. The van der Waals surface area contributed by atoms with Crippen molar-refractivity contribution in [3.8, 4) is 0 Å². The molecule has 1 heterocycles. The molecule has 4 atom stereocenters. The summed E-state index contributed by atoms with van der Waals surface area (Å²) >= 11 is 0. The summed E-state index contributed by atoms with van der Waals surface area (Å²) in [4.78, 5) is 12.2. The van der Waals surface area contributed by atoms with Crippen LogP contribution in [0.4, 0.5) is 0 Å². The monoisotopic (exact) mass is 354 g/mol. The molecule has 3 fully saturated rings. The number of hydrogen-bond donors (Lipinski definition) is 0. The Morgan fingerprint density at radius 1 is 1.31 bits per heavy atom. The lowest BCUT2D eigenvalue weighted by Crippen LogP contribution is -2.45. The van der Waals surface area contributed by atoms with Crippen LogP contribution in [0, 0.1) is 16.7 Å². The highest BCUT2D eigenvalue weighted by atomic mass is 16.7. The molecule has 2 saturated carbocycles. The van der Waals surface area contributed by atoms with Gasteiger partial charge in [-0.25, -0.2) is 4.79 Å². The number of carbonyl (C=O) groups is 1. The van der Waals surface area contributed by atoms with Crippen molar-refractivity contribution in [1.29, 1.82) is 0 Å². The molecule has 0 spiro atoms. The third kappa shape index (κ3) is 2.02. The average Bonchev–Trinajstić information content (AvgIpc) is 3.18. The van der Waals surface area contributed by atoms with Gasteiger partial charge in [0.25, 0.3) is 0 Å². The number of ether oxygens (including phenoxy) is 1. The van der Waals surface area contributed by atoms with Crippen LogP contribution in [0.3, 0.4) is 0 Å². The van der Waals surface area contributed by atoms with Crippen LogP contribution < -0.4 is 0 Å². The lowest BCUT2D eigenvalue weighted by Gasteiger charge is -2.41. The fraction of sp³-hybridized carbons (Fsp3) is 0.571. The van der Waals surface area contributed by atoms with E-state index in [2.05, 4.69) is 39.5 Å². The second-order valence-electron chi connectivity index (χ2n) is 8.60. The maximum atomic E-state index is 12.2. The summed E-state index contributed by atoms with van der Waals surface area (Å²) in [6, 6.07) is 10.3. The average molecular weight is 354 g/mol. The Hall–Kier alpha value is -1.59. The highest BCUT2D eigenvalue weighted by Crippen LogP contribution is 2.75. The first-order chi connectivity index (χ1) is 12.3. The molecule has 1 aromatic carbocycles. The van der Waals surface area contributed by atoms with Crippen LogP contribution in [0.1, 0.15) is 46.1 Å². The van der Waals surface area contributed by atoms with Crippen molar-refractivity contribution in [2.45, 2.75) is 52.2 Å². The van der Waals surface area contributed by atoms with Crippen molar-refractivity contribution in [3.05, 3.63) is 47.9 Å². The molecule has 2 unspecified atom stereocenters. The largest absolute Gasteiger partial charge is 0.501 e. The van der Waals surface area contributed by atoms with E-state index in [4.69, 9.17) is 14.0 Å². The van der Waals surface area contributed by atoms with Crippen LogP contribution in [0.25, 0.3) is 0 Å². The second kappa shape index (κ2) is 5.70. The normalized spacial score (nSPS) is 36.8. The lowest BCUT2D eigenvalue weighted by molar-refractivity contribution is -0.138. The molecule has 3 aliphatic rings. The van der Waals surface area contributed by atoms with Gasteiger partial charge in [0, 0.05) is 5.41 Å². The number of hydrogen-bond acceptors (Lipinski definition) is 4. The standard InChI is InChI=1S/C21H27BO4/c1-6-24-17(23)14(2)22-25-18-20(5)13-12-16(19(20,3)4)21(18,26-22)15-10-8-7-9-11-15/h7-11,16,18H,2,6,12-13H2,1,3-5H3/t16?,18-,20?,21+/m1/s1. The van der Waals surface area contributed by atoms with Gasteiger partial charge in [-0.3, -0.25) is 0 Å². The van der Waals surface area contributed by atoms with E-state index in [1.54, 1.807) is 6.92 Å². The van der Waals surface area contributed by atoms with Crippen LogP contribution in [0.2, 0.25) is 0 Å². The fourth-order valence-electron chi connectivity index (χ4n) is 5.72. The Morgan fingerprint density at radius 2 is 2.00 bits per heavy atom. The summed E-state index contributed by atoms with van der Waals surface area (Å²) in [6.07, 6.45) is 2.09. The molecular weight excluding hydrogens is 327 g/mol. The quantitative estimate of drug-likeness (QED) is 0.467. The molecule has 4 nitrogen and oxygen atoms in total. The maximum absolute atomic E-state index is 12.2. The summed E-state index contributed by atoms with van der Waals surface area (Å²) in [6.45, 7) is 13.0. The Balaban J connectivity index is 1.78. The topological polar surface area (TPSA) is 44.8 Å². The zero-order chi connectivity index (χ0) is 18.7. The molecule has 4 rings (SSSR count). The summed E-state index contributed by atoms with van der Waals surface area (Å²) in [5.74, 6) is -0.121. The van der Waals surface area contributed by atoms with Gasteiger partial charge >= 0.3 is 13.1 Å². The first kappa shape index (κ1) is 17.8. The van der Waals surface area contributed by atoms with Crippen molar-refractivity contribution in [2.24, 2.45) is 16.7 Å². The smallest absolute Gasteiger partial charge is 0.463 e. The Morgan fingerprint density at radius 3 is 2.65 bits per heavy atom. The number of benzene rings is 1. The third-order valence-corrected chi connectivity index (χ3v) is 7.39. The first-order valence-corrected chi connectivity index (χ1v) is 9.53. The first-order valence-electron chi connectivity index (χ1n) is 9.53. The van der Waals surface area contributed by atoms with Crippen LogP contribution >= 0.6 is 0 Å². The van der Waals surface area contributed by atoms with E-state index >= 15 is 0 Å². The molecule has 138 valence electrons. The Labute approximate surface area is 156 Å². The highest BCUT2D eigenvalue weighted by Gasteiger charge is 2.78. The second-order valence-corrected chi connectivity index (χ2v) is 8.60. The molecule has 0 amide bonds. The number of fused-ring (bicyclic) bond motifs is 5. The minimum Gasteiger partial charge on any atom is -0.463 e. The van der Waals surface area contributed by atoms with Gasteiger partial charge in [0.1, 0.15) is 5.60 Å². The predicted octanol–water partition coefficient (Wildman–Crippen LogP) is 3.90. The van der Waals surface area contributed by atoms with E-state index in [0.29, 0.717) is 12.5 Å². The fourth-order valence-corrected chi connectivity index (χ4v) is 5.72. The van der Waals surface area contributed by atoms with Crippen molar-refractivity contribution < 1.29 is 18.8 Å². The van der Waals surface area contributed by atoms with E-state index in [1.807, 2.05) is 18.2 Å². The third-order valence-electron chi connectivity index (χ3n) is 7.39. The van der Waals surface area contributed by atoms with E-state index in [0.717, 1.165) is 18.4 Å². The lowest BCUT2D eigenvalue weighted by atomic mass is 9.69. The SMILES string of the molecule is C=C(B1O[C@@H]2C3(C)CCC(C3(C)C)[C@]2(c2ccccc2)O1)C(=O)OCC. The summed E-state index contributed by atoms with van der Waals surface area (Å²) in [5, 5.41) is 0. The van der Waals surface area contributed by atoms with Gasteiger partial charge in [0.05, 0.1) is 18.2 Å². The van der Waals surface area contributed by atoms with Gasteiger partial charge in [0.15, 0.2) is 0 Å². The van der Waals surface area contributed by atoms with E-state index in [1.165, 1.54) is 0 Å². The molecule has 0 aromatic heterocycles. The Bertz CT molecular complexity index is 746. The van der Waals surface area contributed by atoms with Gasteiger partial charge in [-0.15, -0.1) is 0 Å². The number of carbonyl (C=O) groups excluding carboxylic acids is 1. The van der Waals surface area contributed by atoms with Crippen molar-refractivity contribution >= 4 is 13.1 Å². The summed E-state index contributed by atoms with van der Waals surface area (Å²) in [7, 11) is -0.754. The van der Waals surface area contributed by atoms with Gasteiger partial charge in [-0.1, -0.05) is 57.7 Å². The molecule has 1 saturated heterocycles. The molecule has 5 heteroatoms. The minimum atomic E-state index is -0.754. The van der Waals surface area contributed by atoms with Crippen LogP contribution in [-0.4, -0.2) is 25.8 Å². The van der Waals surface area contributed by atoms with E-state index in [9.17, 15) is 4.79 Å². The number of esters is 1. The predicted molar refractivity (Wildman–Crippen MR) is 100 cm³/mol. The summed E-state index contributed by atoms with van der Waals surface area (Å²) < 4.78 is 18.1. The molecule has 1 aromatic rings. The molecular formula is C21H27BO4. The molecule has 0 N–H and O–H groups in total. The summed E-state index contributed by atoms with van der Waals surface area (Å²) in [5.41, 5.74) is 0.904. The van der Waals surface area contributed by atoms with Crippen LogP contribution in [-0.2, 0) is 24.4 Å².